The molecular weight excluding hydrogens is 321 g/mol. The van der Waals surface area contributed by atoms with E-state index in [1.807, 2.05) is 12.1 Å². The van der Waals surface area contributed by atoms with Crippen molar-refractivity contribution in [1.82, 2.24) is 9.97 Å². The lowest BCUT2D eigenvalue weighted by molar-refractivity contribution is 0.102. The number of anilines is 1. The standard InChI is InChI=1S/C19H12FN3O2/c20-12-5-3-4-11(8-12)18(24)22-13-9-16-14-6-1-2-7-15(14)19(25)23-17(16)21-10-13/h1-10H,(H,22,24)(H,21,23,25). The fraction of sp³-hybridized carbons (Fsp3) is 0. The summed E-state index contributed by atoms with van der Waals surface area (Å²) in [6, 6.07) is 14.3. The van der Waals surface area contributed by atoms with Gasteiger partial charge in [-0.1, -0.05) is 24.3 Å². The minimum atomic E-state index is -0.479. The van der Waals surface area contributed by atoms with Crippen LogP contribution < -0.4 is 10.9 Å². The number of halogens is 1. The van der Waals surface area contributed by atoms with Gasteiger partial charge in [0.1, 0.15) is 11.5 Å². The number of rotatable bonds is 2. The summed E-state index contributed by atoms with van der Waals surface area (Å²) in [7, 11) is 0. The number of aromatic nitrogens is 2. The van der Waals surface area contributed by atoms with Crippen molar-refractivity contribution in [2.45, 2.75) is 0 Å². The lowest BCUT2D eigenvalue weighted by Crippen LogP contribution is -2.13. The minimum absolute atomic E-state index is 0.214. The van der Waals surface area contributed by atoms with Crippen molar-refractivity contribution in [3.05, 3.63) is 82.5 Å². The summed E-state index contributed by atoms with van der Waals surface area (Å²) >= 11 is 0. The molecule has 0 aliphatic carbocycles. The summed E-state index contributed by atoms with van der Waals surface area (Å²) < 4.78 is 13.3. The van der Waals surface area contributed by atoms with Crippen LogP contribution in [-0.2, 0) is 0 Å². The second kappa shape index (κ2) is 5.83. The molecule has 0 atom stereocenters. The Balaban J connectivity index is 1.79. The van der Waals surface area contributed by atoms with Crippen LogP contribution in [0.25, 0.3) is 21.8 Å². The molecule has 0 spiro atoms. The van der Waals surface area contributed by atoms with Gasteiger partial charge in [-0.2, -0.15) is 0 Å². The number of fused-ring (bicyclic) bond motifs is 3. The number of carbonyl (C=O) groups is 1. The molecule has 4 aromatic rings. The SMILES string of the molecule is O=C(Nc1cnc2[nH]c(=O)c3ccccc3c2c1)c1cccc(F)c1. The van der Waals surface area contributed by atoms with Crippen molar-refractivity contribution >= 4 is 33.4 Å². The van der Waals surface area contributed by atoms with E-state index in [0.29, 0.717) is 22.1 Å². The molecule has 6 heteroatoms. The molecule has 25 heavy (non-hydrogen) atoms. The van der Waals surface area contributed by atoms with Crippen LogP contribution in [0.2, 0.25) is 0 Å². The third kappa shape index (κ3) is 2.74. The maximum atomic E-state index is 13.3. The van der Waals surface area contributed by atoms with Gasteiger partial charge in [-0.3, -0.25) is 9.59 Å². The van der Waals surface area contributed by atoms with Gasteiger partial charge in [0.25, 0.3) is 11.5 Å². The van der Waals surface area contributed by atoms with Crippen LogP contribution in [0.15, 0.2) is 65.6 Å². The number of H-pyrrole nitrogens is 1. The molecule has 5 nitrogen and oxygen atoms in total. The Kier molecular flexibility index (Phi) is 3.50. The summed E-state index contributed by atoms with van der Waals surface area (Å²) in [4.78, 5) is 31.3. The van der Waals surface area contributed by atoms with E-state index in [0.717, 1.165) is 11.5 Å². The maximum absolute atomic E-state index is 13.3. The third-order valence-electron chi connectivity index (χ3n) is 3.93. The summed E-state index contributed by atoms with van der Waals surface area (Å²) in [5.41, 5.74) is 0.894. The molecule has 0 bridgehead atoms. The predicted molar refractivity (Wildman–Crippen MR) is 94.2 cm³/mol. The van der Waals surface area contributed by atoms with Gasteiger partial charge in [-0.25, -0.2) is 9.37 Å². The molecule has 1 amide bonds. The molecule has 2 heterocycles. The Labute approximate surface area is 141 Å². The first-order valence-electron chi connectivity index (χ1n) is 7.59. The van der Waals surface area contributed by atoms with Crippen molar-refractivity contribution < 1.29 is 9.18 Å². The van der Waals surface area contributed by atoms with Gasteiger partial charge in [0.15, 0.2) is 0 Å². The number of pyridine rings is 2. The number of hydrogen-bond acceptors (Lipinski definition) is 3. The average Bonchev–Trinajstić information content (AvgIpc) is 2.62. The molecular formula is C19H12FN3O2. The number of nitrogens with one attached hydrogen (secondary N) is 2. The van der Waals surface area contributed by atoms with Gasteiger partial charge in [-0.15, -0.1) is 0 Å². The van der Waals surface area contributed by atoms with E-state index in [9.17, 15) is 14.0 Å². The van der Waals surface area contributed by atoms with Crippen molar-refractivity contribution in [1.29, 1.82) is 0 Å². The highest BCUT2D eigenvalue weighted by Gasteiger charge is 2.10. The lowest BCUT2D eigenvalue weighted by atomic mass is 10.1. The summed E-state index contributed by atoms with van der Waals surface area (Å²) in [5.74, 6) is -0.915. The van der Waals surface area contributed by atoms with Crippen molar-refractivity contribution in [2.24, 2.45) is 0 Å². The topological polar surface area (TPSA) is 74.8 Å². The van der Waals surface area contributed by atoms with E-state index < -0.39 is 11.7 Å². The van der Waals surface area contributed by atoms with Crippen LogP contribution >= 0.6 is 0 Å². The zero-order chi connectivity index (χ0) is 17.4. The van der Waals surface area contributed by atoms with Crippen molar-refractivity contribution in [3.8, 4) is 0 Å². The maximum Gasteiger partial charge on any atom is 0.257 e. The first kappa shape index (κ1) is 15.0. The Morgan fingerprint density at radius 1 is 1.00 bits per heavy atom. The molecule has 0 unspecified atom stereocenters. The summed E-state index contributed by atoms with van der Waals surface area (Å²) in [6.07, 6.45) is 1.45. The molecule has 0 aliphatic heterocycles. The normalized spacial score (nSPS) is 10.9. The Morgan fingerprint density at radius 3 is 2.60 bits per heavy atom. The molecule has 4 rings (SSSR count). The zero-order valence-corrected chi connectivity index (χ0v) is 12.9. The number of carbonyl (C=O) groups excluding carboxylic acids is 1. The van der Waals surface area contributed by atoms with E-state index in [1.54, 1.807) is 18.2 Å². The van der Waals surface area contributed by atoms with E-state index in [2.05, 4.69) is 15.3 Å². The Hall–Kier alpha value is -3.54. The van der Waals surface area contributed by atoms with Crippen LogP contribution in [0.3, 0.4) is 0 Å². The molecule has 0 fully saturated rings. The molecule has 0 saturated carbocycles. The molecule has 0 saturated heterocycles. The van der Waals surface area contributed by atoms with Gasteiger partial charge >= 0.3 is 0 Å². The van der Waals surface area contributed by atoms with Crippen LogP contribution in [0, 0.1) is 5.82 Å². The number of aromatic amines is 1. The average molecular weight is 333 g/mol. The van der Waals surface area contributed by atoms with E-state index in [1.165, 1.54) is 24.4 Å². The molecule has 122 valence electrons. The number of benzene rings is 2. The quantitative estimate of drug-likeness (QED) is 0.552. The summed E-state index contributed by atoms with van der Waals surface area (Å²) in [6.45, 7) is 0. The highest BCUT2D eigenvalue weighted by molar-refractivity contribution is 6.08. The molecule has 2 N–H and O–H groups in total. The molecule has 2 aromatic heterocycles. The van der Waals surface area contributed by atoms with Gasteiger partial charge in [0.05, 0.1) is 11.9 Å². The fourth-order valence-corrected chi connectivity index (χ4v) is 2.76. The van der Waals surface area contributed by atoms with Crippen LogP contribution in [0.4, 0.5) is 10.1 Å². The highest BCUT2D eigenvalue weighted by atomic mass is 19.1. The number of nitrogens with zero attached hydrogens (tertiary/aromatic N) is 1. The Bertz CT molecular complexity index is 1180. The lowest BCUT2D eigenvalue weighted by Gasteiger charge is -2.08. The second-order valence-electron chi connectivity index (χ2n) is 5.58. The van der Waals surface area contributed by atoms with Gasteiger partial charge in [-0.05, 0) is 35.7 Å². The van der Waals surface area contributed by atoms with Gasteiger partial charge in [0.2, 0.25) is 0 Å². The molecule has 0 radical (unpaired) electrons. The zero-order valence-electron chi connectivity index (χ0n) is 12.9. The Morgan fingerprint density at radius 2 is 1.80 bits per heavy atom. The molecule has 2 aromatic carbocycles. The van der Waals surface area contributed by atoms with Gasteiger partial charge < -0.3 is 10.3 Å². The van der Waals surface area contributed by atoms with Crippen LogP contribution in [0.1, 0.15) is 10.4 Å². The van der Waals surface area contributed by atoms with E-state index in [4.69, 9.17) is 0 Å². The van der Waals surface area contributed by atoms with Crippen LogP contribution in [0.5, 0.6) is 0 Å². The largest absolute Gasteiger partial charge is 0.321 e. The monoisotopic (exact) mass is 333 g/mol. The van der Waals surface area contributed by atoms with Crippen molar-refractivity contribution in [2.75, 3.05) is 5.32 Å². The highest BCUT2D eigenvalue weighted by Crippen LogP contribution is 2.22. The first-order chi connectivity index (χ1) is 12.1. The van der Waals surface area contributed by atoms with Crippen LogP contribution in [-0.4, -0.2) is 15.9 Å². The third-order valence-corrected chi connectivity index (χ3v) is 3.93. The number of amides is 1. The fourth-order valence-electron chi connectivity index (χ4n) is 2.76. The number of hydrogen-bond donors (Lipinski definition) is 2. The minimum Gasteiger partial charge on any atom is -0.321 e. The summed E-state index contributed by atoms with van der Waals surface area (Å²) in [5, 5.41) is 4.70. The first-order valence-corrected chi connectivity index (χ1v) is 7.59. The van der Waals surface area contributed by atoms with Crippen molar-refractivity contribution in [3.63, 3.8) is 0 Å². The van der Waals surface area contributed by atoms with E-state index >= 15 is 0 Å². The smallest absolute Gasteiger partial charge is 0.257 e. The predicted octanol–water partition coefficient (Wildman–Crippen LogP) is 3.47. The molecule has 0 aliphatic rings. The second-order valence-corrected chi connectivity index (χ2v) is 5.58. The van der Waals surface area contributed by atoms with E-state index in [-0.39, 0.29) is 11.1 Å². The van der Waals surface area contributed by atoms with Gasteiger partial charge in [0, 0.05) is 16.3 Å².